The number of para-hydroxylation sites is 1. The molecule has 0 spiro atoms. The Morgan fingerprint density at radius 3 is 2.33 bits per heavy atom. The van der Waals surface area contributed by atoms with Gasteiger partial charge < -0.3 is 5.73 Å². The van der Waals surface area contributed by atoms with Crippen LogP contribution in [0.25, 0.3) is 5.69 Å². The number of rotatable bonds is 5. The molecule has 2 aromatic carbocycles. The average Bonchev–Trinajstić information content (AvgIpc) is 3.04. The summed E-state index contributed by atoms with van der Waals surface area (Å²) >= 11 is 0. The second-order valence-corrected chi connectivity index (χ2v) is 5.04. The molecule has 0 bridgehead atoms. The Balaban J connectivity index is 1.74. The van der Waals surface area contributed by atoms with Crippen molar-refractivity contribution in [1.82, 2.24) is 15.0 Å². The van der Waals surface area contributed by atoms with Gasteiger partial charge in [0.2, 0.25) is 0 Å². The zero-order valence-electron chi connectivity index (χ0n) is 11.8. The van der Waals surface area contributed by atoms with Crippen molar-refractivity contribution < 1.29 is 0 Å². The molecule has 0 aliphatic heterocycles. The molecule has 0 saturated heterocycles. The van der Waals surface area contributed by atoms with Crippen molar-refractivity contribution in [1.29, 1.82) is 0 Å². The number of aromatic nitrogens is 3. The fraction of sp³-hybridized carbons (Fsp3) is 0.176. The maximum Gasteiger partial charge on any atom is 0.0813 e. The molecular formula is C17H18N4. The summed E-state index contributed by atoms with van der Waals surface area (Å²) in [5.74, 6) is 0. The molecule has 0 aliphatic rings. The van der Waals surface area contributed by atoms with Crippen molar-refractivity contribution in [2.75, 3.05) is 0 Å². The van der Waals surface area contributed by atoms with Gasteiger partial charge in [0.15, 0.2) is 0 Å². The molecule has 106 valence electrons. The summed E-state index contributed by atoms with van der Waals surface area (Å²) in [7, 11) is 0. The van der Waals surface area contributed by atoms with Gasteiger partial charge in [-0.25, -0.2) is 4.68 Å². The highest BCUT2D eigenvalue weighted by molar-refractivity contribution is 5.32. The van der Waals surface area contributed by atoms with E-state index in [-0.39, 0.29) is 6.04 Å². The van der Waals surface area contributed by atoms with E-state index in [0.29, 0.717) is 0 Å². The molecule has 1 unspecified atom stereocenters. The van der Waals surface area contributed by atoms with Gasteiger partial charge in [-0.15, -0.1) is 5.10 Å². The number of benzene rings is 2. The van der Waals surface area contributed by atoms with Gasteiger partial charge in [0.1, 0.15) is 0 Å². The molecule has 4 nitrogen and oxygen atoms in total. The van der Waals surface area contributed by atoms with Crippen LogP contribution in [-0.4, -0.2) is 15.0 Å². The molecule has 0 fully saturated rings. The molecule has 1 atom stereocenters. The minimum atomic E-state index is -0.0830. The van der Waals surface area contributed by atoms with Crippen molar-refractivity contribution in [2.45, 2.75) is 18.9 Å². The van der Waals surface area contributed by atoms with E-state index in [1.54, 1.807) is 6.20 Å². The standard InChI is InChI=1S/C17H18N4/c18-16(12-11-14-7-3-1-4-8-14)17-13-19-20-21(17)15-9-5-2-6-10-15/h1-10,13,16H,11-12,18H2. The normalized spacial score (nSPS) is 12.2. The fourth-order valence-corrected chi connectivity index (χ4v) is 2.38. The second-order valence-electron chi connectivity index (χ2n) is 5.04. The summed E-state index contributed by atoms with van der Waals surface area (Å²) in [6, 6.07) is 20.2. The van der Waals surface area contributed by atoms with Crippen LogP contribution in [0.3, 0.4) is 0 Å². The monoisotopic (exact) mass is 278 g/mol. The van der Waals surface area contributed by atoms with E-state index in [4.69, 9.17) is 5.73 Å². The molecule has 3 aromatic rings. The number of aryl methyl sites for hydroxylation is 1. The lowest BCUT2D eigenvalue weighted by Gasteiger charge is -2.13. The maximum absolute atomic E-state index is 6.32. The Hall–Kier alpha value is -2.46. The molecule has 21 heavy (non-hydrogen) atoms. The third-order valence-corrected chi connectivity index (χ3v) is 3.54. The van der Waals surface area contributed by atoms with E-state index >= 15 is 0 Å². The first kappa shape index (κ1) is 13.5. The lowest BCUT2D eigenvalue weighted by Crippen LogP contribution is -2.16. The highest BCUT2D eigenvalue weighted by atomic mass is 15.4. The fourth-order valence-electron chi connectivity index (χ4n) is 2.38. The van der Waals surface area contributed by atoms with Crippen LogP contribution in [0, 0.1) is 0 Å². The summed E-state index contributed by atoms with van der Waals surface area (Å²) < 4.78 is 1.82. The van der Waals surface area contributed by atoms with Crippen LogP contribution in [0.2, 0.25) is 0 Å². The third kappa shape index (κ3) is 3.17. The molecule has 1 heterocycles. The summed E-state index contributed by atoms with van der Waals surface area (Å²) in [5.41, 5.74) is 9.55. The largest absolute Gasteiger partial charge is 0.323 e. The average molecular weight is 278 g/mol. The van der Waals surface area contributed by atoms with Crippen molar-refractivity contribution in [2.24, 2.45) is 5.73 Å². The first-order chi connectivity index (χ1) is 10.3. The van der Waals surface area contributed by atoms with Gasteiger partial charge in [-0.3, -0.25) is 0 Å². The van der Waals surface area contributed by atoms with Gasteiger partial charge in [0.05, 0.1) is 17.6 Å². The molecule has 1 aromatic heterocycles. The van der Waals surface area contributed by atoms with Crippen LogP contribution >= 0.6 is 0 Å². The Bertz CT molecular complexity index is 676. The van der Waals surface area contributed by atoms with Crippen LogP contribution < -0.4 is 5.73 Å². The molecule has 3 rings (SSSR count). The van der Waals surface area contributed by atoms with E-state index in [1.807, 2.05) is 41.1 Å². The zero-order valence-corrected chi connectivity index (χ0v) is 11.8. The minimum Gasteiger partial charge on any atom is -0.323 e. The lowest BCUT2D eigenvalue weighted by atomic mass is 10.0. The molecule has 0 radical (unpaired) electrons. The molecule has 4 heteroatoms. The van der Waals surface area contributed by atoms with E-state index in [9.17, 15) is 0 Å². The van der Waals surface area contributed by atoms with E-state index < -0.39 is 0 Å². The number of hydrogen-bond donors (Lipinski definition) is 1. The van der Waals surface area contributed by atoms with Crippen molar-refractivity contribution >= 4 is 0 Å². The van der Waals surface area contributed by atoms with Crippen LogP contribution in [0.15, 0.2) is 66.9 Å². The Labute approximate surface area is 124 Å². The maximum atomic E-state index is 6.32. The zero-order chi connectivity index (χ0) is 14.5. The van der Waals surface area contributed by atoms with Crippen LogP contribution in [0.1, 0.15) is 23.7 Å². The van der Waals surface area contributed by atoms with Crippen LogP contribution in [-0.2, 0) is 6.42 Å². The highest BCUT2D eigenvalue weighted by Gasteiger charge is 2.14. The van der Waals surface area contributed by atoms with Crippen molar-refractivity contribution in [3.8, 4) is 5.69 Å². The molecule has 0 saturated carbocycles. The summed E-state index contributed by atoms with van der Waals surface area (Å²) in [6.45, 7) is 0. The van der Waals surface area contributed by atoms with Gasteiger partial charge in [-0.2, -0.15) is 0 Å². The Kier molecular flexibility index (Phi) is 4.07. The molecule has 2 N–H and O–H groups in total. The van der Waals surface area contributed by atoms with Crippen molar-refractivity contribution in [3.63, 3.8) is 0 Å². The molecule has 0 aliphatic carbocycles. The van der Waals surface area contributed by atoms with Gasteiger partial charge >= 0.3 is 0 Å². The number of nitrogens with zero attached hydrogens (tertiary/aromatic N) is 3. The SMILES string of the molecule is NC(CCc1ccccc1)c1cnnn1-c1ccccc1. The van der Waals surface area contributed by atoms with Gasteiger partial charge in [0, 0.05) is 6.04 Å². The summed E-state index contributed by atoms with van der Waals surface area (Å²) in [5, 5.41) is 8.16. The first-order valence-corrected chi connectivity index (χ1v) is 7.10. The minimum absolute atomic E-state index is 0.0830. The van der Waals surface area contributed by atoms with Crippen molar-refractivity contribution in [3.05, 3.63) is 78.1 Å². The van der Waals surface area contributed by atoms with Gasteiger partial charge in [-0.05, 0) is 30.5 Å². The van der Waals surface area contributed by atoms with E-state index in [1.165, 1.54) is 5.56 Å². The van der Waals surface area contributed by atoms with Gasteiger partial charge in [-0.1, -0.05) is 53.7 Å². The summed E-state index contributed by atoms with van der Waals surface area (Å²) in [6.07, 6.45) is 3.56. The predicted molar refractivity (Wildman–Crippen MR) is 83.1 cm³/mol. The molecule has 0 amide bonds. The lowest BCUT2D eigenvalue weighted by molar-refractivity contribution is 0.604. The quantitative estimate of drug-likeness (QED) is 0.780. The Morgan fingerprint density at radius 2 is 1.62 bits per heavy atom. The third-order valence-electron chi connectivity index (χ3n) is 3.54. The number of nitrogens with two attached hydrogens (primary N) is 1. The Morgan fingerprint density at radius 1 is 0.952 bits per heavy atom. The summed E-state index contributed by atoms with van der Waals surface area (Å²) in [4.78, 5) is 0. The number of hydrogen-bond acceptors (Lipinski definition) is 3. The molecular weight excluding hydrogens is 260 g/mol. The van der Waals surface area contributed by atoms with Crippen LogP contribution in [0.5, 0.6) is 0 Å². The topological polar surface area (TPSA) is 56.7 Å². The highest BCUT2D eigenvalue weighted by Crippen LogP contribution is 2.18. The van der Waals surface area contributed by atoms with E-state index in [2.05, 4.69) is 34.6 Å². The first-order valence-electron chi connectivity index (χ1n) is 7.10. The van der Waals surface area contributed by atoms with Gasteiger partial charge in [0.25, 0.3) is 0 Å². The second kappa shape index (κ2) is 6.33. The smallest absolute Gasteiger partial charge is 0.0813 e. The van der Waals surface area contributed by atoms with Crippen LogP contribution in [0.4, 0.5) is 0 Å². The van der Waals surface area contributed by atoms with E-state index in [0.717, 1.165) is 24.2 Å². The predicted octanol–water partition coefficient (Wildman–Crippen LogP) is 2.90.